The third-order valence-electron chi connectivity index (χ3n) is 3.97. The lowest BCUT2D eigenvalue weighted by Gasteiger charge is -2.18. The predicted molar refractivity (Wildman–Crippen MR) is 95.0 cm³/mol. The number of ether oxygens (including phenoxy) is 3. The number of carbonyl (C=O) groups is 3. The van der Waals surface area contributed by atoms with Crippen molar-refractivity contribution in [3.05, 3.63) is 29.3 Å². The zero-order valence-corrected chi connectivity index (χ0v) is 15.7. The molecule has 0 radical (unpaired) electrons. The van der Waals surface area contributed by atoms with Gasteiger partial charge in [0.05, 0.1) is 6.61 Å². The number of rotatable bonds is 9. The Labute approximate surface area is 153 Å². The fourth-order valence-corrected chi connectivity index (χ4v) is 2.56. The number of hydrogen-bond donors (Lipinski definition) is 0. The molecule has 1 aliphatic rings. The third-order valence-corrected chi connectivity index (χ3v) is 3.97. The lowest BCUT2D eigenvalue weighted by molar-refractivity contribution is -0.146. The van der Waals surface area contributed by atoms with Crippen LogP contribution in [0, 0.1) is 11.8 Å². The molecular weight excluding hydrogens is 336 g/mol. The van der Waals surface area contributed by atoms with Gasteiger partial charge in [0, 0.05) is 24.0 Å². The number of carbonyl (C=O) groups excluding carboxylic acids is 3. The van der Waals surface area contributed by atoms with Crippen LogP contribution in [-0.2, 0) is 24.7 Å². The van der Waals surface area contributed by atoms with Crippen LogP contribution >= 0.6 is 0 Å². The number of hydrogen-bond acceptors (Lipinski definition) is 6. The van der Waals surface area contributed by atoms with Gasteiger partial charge in [-0.15, -0.1) is 0 Å². The highest BCUT2D eigenvalue weighted by Crippen LogP contribution is 2.44. The molecule has 0 bridgehead atoms. The summed E-state index contributed by atoms with van der Waals surface area (Å²) >= 11 is 0. The molecule has 26 heavy (non-hydrogen) atoms. The molecule has 1 aromatic carbocycles. The highest BCUT2D eigenvalue weighted by Gasteiger charge is 2.50. The summed E-state index contributed by atoms with van der Waals surface area (Å²) in [5, 5.41) is 0. The molecule has 0 N–H and O–H groups in total. The fourth-order valence-electron chi connectivity index (χ4n) is 2.56. The van der Waals surface area contributed by atoms with Crippen molar-refractivity contribution in [2.45, 2.75) is 46.1 Å². The van der Waals surface area contributed by atoms with E-state index in [1.165, 1.54) is 6.07 Å². The Morgan fingerprint density at radius 3 is 2.31 bits per heavy atom. The van der Waals surface area contributed by atoms with E-state index in [9.17, 15) is 14.4 Å². The van der Waals surface area contributed by atoms with Crippen LogP contribution in [0.15, 0.2) is 18.2 Å². The lowest BCUT2D eigenvalue weighted by Crippen LogP contribution is -2.23. The first-order chi connectivity index (χ1) is 12.3. The van der Waals surface area contributed by atoms with Gasteiger partial charge in [0.25, 0.3) is 0 Å². The minimum absolute atomic E-state index is 0.0493. The van der Waals surface area contributed by atoms with Gasteiger partial charge in [-0.05, 0) is 17.9 Å². The molecule has 142 valence electrons. The van der Waals surface area contributed by atoms with Crippen LogP contribution in [0.1, 0.15) is 56.5 Å². The minimum Gasteiger partial charge on any atom is -0.462 e. The quantitative estimate of drug-likeness (QED) is 0.290. The van der Waals surface area contributed by atoms with Gasteiger partial charge < -0.3 is 14.2 Å². The number of esters is 2. The Hall–Kier alpha value is -2.21. The maximum Gasteiger partial charge on any atom is 0.311 e. The van der Waals surface area contributed by atoms with E-state index >= 15 is 0 Å². The highest BCUT2D eigenvalue weighted by molar-refractivity contribution is 5.78. The number of aldehydes is 1. The molecule has 0 amide bonds. The zero-order valence-electron chi connectivity index (χ0n) is 15.7. The summed E-state index contributed by atoms with van der Waals surface area (Å²) in [6.07, 6.45) is 1.28. The van der Waals surface area contributed by atoms with Crippen LogP contribution in [0.2, 0.25) is 0 Å². The first-order valence-electron chi connectivity index (χ1n) is 8.85. The van der Waals surface area contributed by atoms with E-state index in [0.717, 1.165) is 0 Å². The second-order valence-electron chi connectivity index (χ2n) is 7.49. The molecule has 1 aliphatic heterocycles. The molecule has 1 aromatic rings. The van der Waals surface area contributed by atoms with Gasteiger partial charge in [-0.25, -0.2) is 0 Å². The Bertz CT molecular complexity index is 673. The lowest BCUT2D eigenvalue weighted by atomic mass is 9.98. The van der Waals surface area contributed by atoms with E-state index in [1.54, 1.807) is 12.1 Å². The average Bonchev–Trinajstić information content (AvgIpc) is 3.32. The molecule has 1 heterocycles. The van der Waals surface area contributed by atoms with Crippen LogP contribution in [0.4, 0.5) is 0 Å². The summed E-state index contributed by atoms with van der Waals surface area (Å²) in [5.41, 5.74) is 0.188. The monoisotopic (exact) mass is 362 g/mol. The van der Waals surface area contributed by atoms with E-state index in [-0.39, 0.29) is 42.6 Å². The molecule has 1 fully saturated rings. The van der Waals surface area contributed by atoms with Gasteiger partial charge in [-0.1, -0.05) is 39.8 Å². The van der Waals surface area contributed by atoms with Crippen molar-refractivity contribution in [3.8, 4) is 5.75 Å². The summed E-state index contributed by atoms with van der Waals surface area (Å²) in [7, 11) is 0. The van der Waals surface area contributed by atoms with Crippen LogP contribution in [0.3, 0.4) is 0 Å². The standard InChI is InChI=1S/C20H26O6/c1-13(2)7-18(22)24-11-20(12-25-20)16-6-5-15(10-21)9-17(16)26-19(23)8-14(3)4/h5-6,9-10,13-14H,7-8,11-12H2,1-4H3. The summed E-state index contributed by atoms with van der Waals surface area (Å²) < 4.78 is 16.4. The van der Waals surface area contributed by atoms with Gasteiger partial charge in [-0.3, -0.25) is 14.4 Å². The molecule has 1 atom stereocenters. The van der Waals surface area contributed by atoms with Gasteiger partial charge >= 0.3 is 11.9 Å². The van der Waals surface area contributed by atoms with Gasteiger partial charge in [0.15, 0.2) is 5.60 Å². The van der Waals surface area contributed by atoms with Crippen molar-refractivity contribution in [1.82, 2.24) is 0 Å². The van der Waals surface area contributed by atoms with E-state index in [4.69, 9.17) is 14.2 Å². The maximum atomic E-state index is 12.1. The SMILES string of the molecule is CC(C)CC(=O)OCC1(c2ccc(C=O)cc2OC(=O)CC(C)C)CO1. The van der Waals surface area contributed by atoms with Crippen molar-refractivity contribution < 1.29 is 28.6 Å². The molecule has 0 spiro atoms. The second-order valence-corrected chi connectivity index (χ2v) is 7.49. The van der Waals surface area contributed by atoms with Crippen LogP contribution in [0.25, 0.3) is 0 Å². The van der Waals surface area contributed by atoms with Crippen molar-refractivity contribution >= 4 is 18.2 Å². The van der Waals surface area contributed by atoms with Crippen LogP contribution in [-0.4, -0.2) is 31.4 Å². The second kappa shape index (κ2) is 8.45. The Morgan fingerprint density at radius 1 is 1.15 bits per heavy atom. The van der Waals surface area contributed by atoms with E-state index in [2.05, 4.69) is 0 Å². The van der Waals surface area contributed by atoms with Crippen LogP contribution in [0.5, 0.6) is 5.75 Å². The number of benzene rings is 1. The molecule has 0 saturated carbocycles. The third kappa shape index (κ3) is 5.39. The Morgan fingerprint density at radius 2 is 1.77 bits per heavy atom. The maximum absolute atomic E-state index is 12.1. The summed E-state index contributed by atoms with van der Waals surface area (Å²) in [6.45, 7) is 8.13. The molecule has 6 nitrogen and oxygen atoms in total. The summed E-state index contributed by atoms with van der Waals surface area (Å²) in [4.78, 5) is 35.0. The van der Waals surface area contributed by atoms with E-state index in [0.29, 0.717) is 30.4 Å². The number of epoxide rings is 1. The molecule has 6 heteroatoms. The van der Waals surface area contributed by atoms with Crippen molar-refractivity contribution in [1.29, 1.82) is 0 Å². The normalized spacial score (nSPS) is 18.7. The van der Waals surface area contributed by atoms with E-state index < -0.39 is 5.60 Å². The van der Waals surface area contributed by atoms with Gasteiger partial charge in [0.2, 0.25) is 0 Å². The molecule has 2 rings (SSSR count). The van der Waals surface area contributed by atoms with Gasteiger partial charge in [0.1, 0.15) is 18.6 Å². The molecule has 1 saturated heterocycles. The van der Waals surface area contributed by atoms with E-state index in [1.807, 2.05) is 27.7 Å². The first-order valence-corrected chi connectivity index (χ1v) is 8.85. The smallest absolute Gasteiger partial charge is 0.311 e. The Balaban J connectivity index is 2.17. The fraction of sp³-hybridized carbons (Fsp3) is 0.550. The average molecular weight is 362 g/mol. The van der Waals surface area contributed by atoms with Crippen molar-refractivity contribution in [2.75, 3.05) is 13.2 Å². The molecular formula is C20H26O6. The zero-order chi connectivity index (χ0) is 19.3. The predicted octanol–water partition coefficient (Wildman–Crippen LogP) is 3.27. The minimum atomic E-state index is -0.818. The van der Waals surface area contributed by atoms with Crippen molar-refractivity contribution in [3.63, 3.8) is 0 Å². The molecule has 1 unspecified atom stereocenters. The van der Waals surface area contributed by atoms with Crippen LogP contribution < -0.4 is 4.74 Å². The largest absolute Gasteiger partial charge is 0.462 e. The summed E-state index contributed by atoms with van der Waals surface area (Å²) in [5.74, 6) is -0.0337. The van der Waals surface area contributed by atoms with Gasteiger partial charge in [-0.2, -0.15) is 0 Å². The Kier molecular flexibility index (Phi) is 6.53. The topological polar surface area (TPSA) is 82.2 Å². The summed E-state index contributed by atoms with van der Waals surface area (Å²) in [6, 6.07) is 4.83. The molecule has 0 aromatic heterocycles. The highest BCUT2D eigenvalue weighted by atomic mass is 16.6. The first kappa shape index (κ1) is 20.1. The molecule has 0 aliphatic carbocycles. The van der Waals surface area contributed by atoms with Crippen molar-refractivity contribution in [2.24, 2.45) is 11.8 Å².